The van der Waals surface area contributed by atoms with Gasteiger partial charge in [0.05, 0.1) is 22.5 Å². The highest BCUT2D eigenvalue weighted by atomic mass is 35.5. The van der Waals surface area contributed by atoms with Crippen molar-refractivity contribution in [1.82, 2.24) is 34.8 Å². The van der Waals surface area contributed by atoms with Gasteiger partial charge < -0.3 is 25.0 Å². The number of amides is 4. The van der Waals surface area contributed by atoms with Crippen LogP contribution in [0.4, 0.5) is 4.79 Å². The summed E-state index contributed by atoms with van der Waals surface area (Å²) >= 11 is 7.99. The van der Waals surface area contributed by atoms with Crippen molar-refractivity contribution in [3.05, 3.63) is 65.0 Å². The van der Waals surface area contributed by atoms with E-state index in [0.29, 0.717) is 42.6 Å². The standard InChI is InChI=1S/C46H56ClN7O8S2/c1-27(2)54-35-20-14-17-31(39-48-34(26-63-39)30-16-12-13-18-32(30)47)37(35)50-42(54)61-29-23-36-38(55)51-46(41(57)52-64(59,60)45(6)21-22-45)24-28(46)15-10-8-7-9-11-19-33(40(56)53(36)25-29)49-43(58)62-44(3,4)5/h10,12-18,20,26-29,33,36H,7-9,11,19,21-25H2,1-6H3,(H,49,58)(H,51,55)(H,52,57)/t28-,29-,33+,36+,46-/m1/s1. The summed E-state index contributed by atoms with van der Waals surface area (Å²) in [6.45, 7) is 10.8. The van der Waals surface area contributed by atoms with Crippen molar-refractivity contribution >= 4 is 67.8 Å². The molecule has 342 valence electrons. The van der Waals surface area contributed by atoms with Gasteiger partial charge in [-0.2, -0.15) is 4.98 Å². The number of thiazole rings is 1. The lowest BCUT2D eigenvalue weighted by Gasteiger charge is -2.30. The van der Waals surface area contributed by atoms with Gasteiger partial charge in [0.2, 0.25) is 21.8 Å². The SMILES string of the molecule is CC(C)n1c(O[C@@H]2C[C@H]3C(=O)N[C@]4(C(=O)NS(=O)(=O)C5(C)CC5)C[C@H]4C=CCCCCC[C@H](NC(=O)OC(C)(C)C)C(=O)N3C2)nc2c(-c3nc(-c4ccccc4Cl)cs3)cccc21. The third-order valence-corrected chi connectivity index (χ3v) is 15.9. The second-order valence-electron chi connectivity index (χ2n) is 19.0. The van der Waals surface area contributed by atoms with Crippen LogP contribution in [0.3, 0.4) is 0 Å². The molecule has 2 aromatic heterocycles. The molecule has 2 aliphatic heterocycles. The van der Waals surface area contributed by atoms with Crippen LogP contribution in [0.5, 0.6) is 6.01 Å². The molecule has 8 rings (SSSR count). The second-order valence-corrected chi connectivity index (χ2v) is 22.4. The first kappa shape index (κ1) is 45.6. The molecule has 18 heteroatoms. The molecule has 4 aliphatic rings. The van der Waals surface area contributed by atoms with Crippen LogP contribution in [-0.4, -0.2) is 92.3 Å². The molecule has 4 aromatic rings. The Morgan fingerprint density at radius 3 is 2.50 bits per heavy atom. The molecule has 0 spiro atoms. The number of carbonyl (C=O) groups excluding carboxylic acids is 4. The molecule has 15 nitrogen and oxygen atoms in total. The zero-order chi connectivity index (χ0) is 45.8. The molecule has 2 aromatic carbocycles. The summed E-state index contributed by atoms with van der Waals surface area (Å²) in [4.78, 5) is 68.1. The fraction of sp³-hybridized carbons (Fsp3) is 0.522. The largest absolute Gasteiger partial charge is 0.459 e. The molecular weight excluding hydrogens is 878 g/mol. The van der Waals surface area contributed by atoms with E-state index in [9.17, 15) is 27.6 Å². The first-order chi connectivity index (χ1) is 30.3. The Kier molecular flexibility index (Phi) is 12.4. The number of rotatable bonds is 9. The topological polar surface area (TPSA) is 191 Å². The number of ether oxygens (including phenoxy) is 2. The van der Waals surface area contributed by atoms with E-state index in [4.69, 9.17) is 31.0 Å². The average Bonchev–Trinajstić information content (AvgIpc) is 3.90. The lowest BCUT2D eigenvalue weighted by atomic mass is 10.0. The van der Waals surface area contributed by atoms with Crippen LogP contribution < -0.4 is 20.1 Å². The zero-order valence-electron chi connectivity index (χ0n) is 37.0. The fourth-order valence-corrected chi connectivity index (χ4v) is 11.0. The van der Waals surface area contributed by atoms with Gasteiger partial charge in [-0.05, 0) is 98.3 Å². The number of aromatic nitrogens is 3. The number of halogens is 1. The van der Waals surface area contributed by atoms with Crippen molar-refractivity contribution in [2.24, 2.45) is 5.92 Å². The normalized spacial score (nSPS) is 24.8. The van der Waals surface area contributed by atoms with Crippen LogP contribution in [0.1, 0.15) is 105 Å². The molecule has 64 heavy (non-hydrogen) atoms. The Labute approximate surface area is 382 Å². The molecule has 5 atom stereocenters. The van der Waals surface area contributed by atoms with E-state index >= 15 is 0 Å². The van der Waals surface area contributed by atoms with E-state index in [1.807, 2.05) is 78.4 Å². The van der Waals surface area contributed by atoms with Gasteiger partial charge in [0.25, 0.3) is 11.9 Å². The molecule has 4 heterocycles. The molecular formula is C46H56ClN7O8S2. The third-order valence-electron chi connectivity index (χ3n) is 12.5. The number of nitrogens with zero attached hydrogens (tertiary/aromatic N) is 4. The van der Waals surface area contributed by atoms with Crippen molar-refractivity contribution in [1.29, 1.82) is 0 Å². The predicted molar refractivity (Wildman–Crippen MR) is 245 cm³/mol. The van der Waals surface area contributed by atoms with Gasteiger partial charge in [0, 0.05) is 39.9 Å². The van der Waals surface area contributed by atoms with Crippen molar-refractivity contribution < 1.29 is 37.1 Å². The summed E-state index contributed by atoms with van der Waals surface area (Å²) in [7, 11) is -4.02. The van der Waals surface area contributed by atoms with Gasteiger partial charge in [-0.3, -0.25) is 23.7 Å². The highest BCUT2D eigenvalue weighted by Crippen LogP contribution is 2.48. The molecule has 1 saturated heterocycles. The van der Waals surface area contributed by atoms with E-state index in [-0.39, 0.29) is 31.4 Å². The Morgan fingerprint density at radius 2 is 1.78 bits per heavy atom. The minimum Gasteiger partial charge on any atom is -0.459 e. The van der Waals surface area contributed by atoms with E-state index in [1.54, 1.807) is 27.7 Å². The van der Waals surface area contributed by atoms with Gasteiger partial charge in [-0.1, -0.05) is 60.9 Å². The van der Waals surface area contributed by atoms with E-state index in [0.717, 1.165) is 40.2 Å². The summed E-state index contributed by atoms with van der Waals surface area (Å²) in [6, 6.07) is 11.4. The quantitative estimate of drug-likeness (QED) is 0.140. The maximum atomic E-state index is 14.8. The van der Waals surface area contributed by atoms with Gasteiger partial charge in [0.15, 0.2) is 0 Å². The van der Waals surface area contributed by atoms with Crippen LogP contribution >= 0.6 is 22.9 Å². The van der Waals surface area contributed by atoms with E-state index in [2.05, 4.69) is 15.4 Å². The highest BCUT2D eigenvalue weighted by Gasteiger charge is 2.63. The Morgan fingerprint density at radius 1 is 1.03 bits per heavy atom. The smallest absolute Gasteiger partial charge is 0.408 e. The van der Waals surface area contributed by atoms with E-state index < -0.39 is 73.8 Å². The number of alkyl carbamates (subject to hydrolysis) is 1. The molecule has 2 aliphatic carbocycles. The first-order valence-electron chi connectivity index (χ1n) is 22.0. The number of allylic oxidation sites excluding steroid dienone is 1. The van der Waals surface area contributed by atoms with Gasteiger partial charge in [-0.15, -0.1) is 11.3 Å². The number of fused-ring (bicyclic) bond motifs is 3. The first-order valence-corrected chi connectivity index (χ1v) is 24.8. The van der Waals surface area contributed by atoms with Gasteiger partial charge in [-0.25, -0.2) is 18.2 Å². The number of hydrogen-bond donors (Lipinski definition) is 3. The summed E-state index contributed by atoms with van der Waals surface area (Å²) in [5.74, 6) is -2.40. The number of imidazole rings is 1. The van der Waals surface area contributed by atoms with Crippen molar-refractivity contribution in [3.63, 3.8) is 0 Å². The molecule has 3 N–H and O–H groups in total. The van der Waals surface area contributed by atoms with Crippen LogP contribution in [0, 0.1) is 5.92 Å². The molecule has 0 unspecified atom stereocenters. The van der Waals surface area contributed by atoms with Crippen LogP contribution in [0.2, 0.25) is 5.02 Å². The van der Waals surface area contributed by atoms with E-state index in [1.165, 1.54) is 16.2 Å². The Hall–Kier alpha value is -5.00. The van der Waals surface area contributed by atoms with Crippen LogP contribution in [0.25, 0.3) is 32.9 Å². The molecule has 3 fully saturated rings. The maximum Gasteiger partial charge on any atom is 0.408 e. The second kappa shape index (κ2) is 17.4. The Balaban J connectivity index is 1.12. The third kappa shape index (κ3) is 9.25. The number of carbonyl (C=O) groups is 4. The number of hydrogen-bond acceptors (Lipinski definition) is 11. The van der Waals surface area contributed by atoms with Crippen molar-refractivity contribution in [2.45, 2.75) is 139 Å². The lowest BCUT2D eigenvalue weighted by Crippen LogP contribution is -2.58. The molecule has 0 radical (unpaired) electrons. The molecule has 4 amide bonds. The van der Waals surface area contributed by atoms with Gasteiger partial charge >= 0.3 is 6.09 Å². The lowest BCUT2D eigenvalue weighted by molar-refractivity contribution is -0.141. The molecule has 2 saturated carbocycles. The average molecular weight is 935 g/mol. The molecule has 0 bridgehead atoms. The number of para-hydroxylation sites is 1. The number of benzene rings is 2. The maximum absolute atomic E-state index is 14.8. The summed E-state index contributed by atoms with van der Waals surface area (Å²) in [5.41, 5.74) is 1.45. The fourth-order valence-electron chi connectivity index (χ4n) is 8.59. The number of sulfonamides is 1. The minimum absolute atomic E-state index is 0.0210. The summed E-state index contributed by atoms with van der Waals surface area (Å²) in [5, 5.41) is 8.99. The summed E-state index contributed by atoms with van der Waals surface area (Å²) < 4.78 is 42.1. The monoisotopic (exact) mass is 933 g/mol. The predicted octanol–water partition coefficient (Wildman–Crippen LogP) is 7.70. The Bertz CT molecular complexity index is 2620. The highest BCUT2D eigenvalue weighted by molar-refractivity contribution is 7.91. The minimum atomic E-state index is -4.02. The van der Waals surface area contributed by atoms with Crippen LogP contribution in [-0.2, 0) is 29.1 Å². The van der Waals surface area contributed by atoms with Crippen molar-refractivity contribution in [3.8, 4) is 27.8 Å². The van der Waals surface area contributed by atoms with Crippen molar-refractivity contribution in [2.75, 3.05) is 6.54 Å². The summed E-state index contributed by atoms with van der Waals surface area (Å²) in [6.07, 6.45) is 6.49. The van der Waals surface area contributed by atoms with Crippen LogP contribution in [0.15, 0.2) is 60.0 Å². The zero-order valence-corrected chi connectivity index (χ0v) is 39.4. The number of nitrogens with one attached hydrogen (secondary N) is 3. The van der Waals surface area contributed by atoms with Gasteiger partial charge in [0.1, 0.15) is 39.9 Å².